The number of allylic oxidation sites excluding steroid dienone is 4. The lowest BCUT2D eigenvalue weighted by atomic mass is 9.84. The summed E-state index contributed by atoms with van der Waals surface area (Å²) in [6.45, 7) is 7.90. The molecule has 0 radical (unpaired) electrons. The highest BCUT2D eigenvalue weighted by molar-refractivity contribution is 7.47. The fourth-order valence-electron chi connectivity index (χ4n) is 15.7. The summed E-state index contributed by atoms with van der Waals surface area (Å²) in [6.07, 6.45) is 28.9. The van der Waals surface area contributed by atoms with Crippen molar-refractivity contribution in [2.45, 2.75) is 505 Å². The largest absolute Gasteiger partial charge is 0.472 e. The van der Waals surface area contributed by atoms with E-state index >= 15 is 0 Å². The lowest BCUT2D eigenvalue weighted by Crippen LogP contribution is -2.70. The van der Waals surface area contributed by atoms with Crippen LogP contribution in [-0.4, -0.2) is 205 Å². The summed E-state index contributed by atoms with van der Waals surface area (Å²) in [5.41, 5.74) is 0. The van der Waals surface area contributed by atoms with Gasteiger partial charge in [-0.3, -0.25) is 28.2 Å². The number of carbonyl (C=O) groups excluding carboxylic acids is 4. The molecule has 3 fully saturated rings. The third-order valence-corrected chi connectivity index (χ3v) is 24.3. The normalized spacial score (nSPS) is 25.3. The number of ether oxygens (including phenoxy) is 8. The Morgan fingerprint density at radius 1 is 0.356 bits per heavy atom. The van der Waals surface area contributed by atoms with Gasteiger partial charge in [0.1, 0.15) is 92.6 Å². The first kappa shape index (κ1) is 109. The van der Waals surface area contributed by atoms with Crippen molar-refractivity contribution in [1.29, 1.82) is 0 Å². The summed E-state index contributed by atoms with van der Waals surface area (Å²) in [7, 11) is -5.81. The predicted molar refractivity (Wildman–Crippen MR) is 458 cm³/mol. The number of hydrogen-bond acceptors (Lipinski definition) is 24. The molecule has 0 bridgehead atoms. The number of aliphatic hydroxyl groups excluding tert-OH is 9. The van der Waals surface area contributed by atoms with Crippen LogP contribution in [-0.2, 0) is 70.7 Å². The van der Waals surface area contributed by atoms with Gasteiger partial charge in [-0.15, -0.1) is 0 Å². The SMILES string of the molecule is CCCCCC/C=C\CCCCCCCCCC(=O)OCC(COP(=O)(O)OC1C(OC2OC(CO)C(O)C(O)C2O)C(O)C(O)C(OC(=O)CCCCC/C=C\CCCCCCCC)C1OC1OC(COC(=O)CCCCCCCCC(C)CCCCCCCC)C(O)C(O)C1O)OC(=O)CCCCCCCCCCCCCCCCC. The molecule has 3 aliphatic rings. The molecular formula is C92H169O25P. The van der Waals surface area contributed by atoms with Crippen LogP contribution in [0, 0.1) is 5.92 Å². The molecule has 10 N–H and O–H groups in total. The molecule has 0 spiro atoms. The van der Waals surface area contributed by atoms with Gasteiger partial charge in [-0.05, 0) is 83.0 Å². The summed E-state index contributed by atoms with van der Waals surface area (Å²) < 4.78 is 73.4. The third-order valence-electron chi connectivity index (χ3n) is 23.3. The van der Waals surface area contributed by atoms with Gasteiger partial charge in [-0.25, -0.2) is 4.57 Å². The number of aliphatic hydroxyl groups is 9. The molecular weight excluding hydrogens is 1540 g/mol. The van der Waals surface area contributed by atoms with Crippen LogP contribution < -0.4 is 0 Å². The third kappa shape index (κ3) is 50.2. The number of unbranched alkanes of at least 4 members (excludes halogenated alkanes) is 44. The maximum absolute atomic E-state index is 14.9. The average molecular weight is 1710 g/mol. The number of phosphoric acid groups is 1. The van der Waals surface area contributed by atoms with Crippen molar-refractivity contribution >= 4 is 31.7 Å². The van der Waals surface area contributed by atoms with Gasteiger partial charge in [0.15, 0.2) is 24.8 Å². The van der Waals surface area contributed by atoms with E-state index in [0.717, 1.165) is 141 Å². The van der Waals surface area contributed by atoms with Gasteiger partial charge in [0.2, 0.25) is 0 Å². The molecule has 25 nitrogen and oxygen atoms in total. The molecule has 0 aromatic carbocycles. The first-order valence-electron chi connectivity index (χ1n) is 47.5. The molecule has 692 valence electrons. The Morgan fingerprint density at radius 3 is 1.11 bits per heavy atom. The van der Waals surface area contributed by atoms with Gasteiger partial charge in [-0.2, -0.15) is 0 Å². The average Bonchev–Trinajstić information content (AvgIpc) is 0.751. The van der Waals surface area contributed by atoms with Gasteiger partial charge < -0.3 is 88.7 Å². The van der Waals surface area contributed by atoms with Crippen molar-refractivity contribution < 1.29 is 122 Å². The van der Waals surface area contributed by atoms with E-state index in [1.807, 2.05) is 0 Å². The maximum Gasteiger partial charge on any atom is 0.472 e. The fraction of sp³-hybridized carbons (Fsp3) is 0.913. The van der Waals surface area contributed by atoms with Crippen LogP contribution in [0.4, 0.5) is 0 Å². The van der Waals surface area contributed by atoms with Crippen LogP contribution in [0.25, 0.3) is 0 Å². The number of hydrogen-bond donors (Lipinski definition) is 10. The second-order valence-electron chi connectivity index (χ2n) is 34.1. The molecule has 19 unspecified atom stereocenters. The molecule has 2 heterocycles. The van der Waals surface area contributed by atoms with Crippen molar-refractivity contribution in [1.82, 2.24) is 0 Å². The van der Waals surface area contributed by atoms with Crippen LogP contribution in [0.1, 0.15) is 401 Å². The number of rotatable bonds is 76. The minimum absolute atomic E-state index is 0.0132. The lowest BCUT2D eigenvalue weighted by Gasteiger charge is -2.50. The molecule has 1 aliphatic carbocycles. The molecule has 2 saturated heterocycles. The molecule has 3 rings (SSSR count). The fourth-order valence-corrected chi connectivity index (χ4v) is 16.6. The van der Waals surface area contributed by atoms with Gasteiger partial charge in [0.05, 0.1) is 13.2 Å². The minimum Gasteiger partial charge on any atom is -0.463 e. The van der Waals surface area contributed by atoms with Crippen molar-refractivity contribution in [3.63, 3.8) is 0 Å². The molecule has 19 atom stereocenters. The van der Waals surface area contributed by atoms with Crippen LogP contribution in [0.3, 0.4) is 0 Å². The summed E-state index contributed by atoms with van der Waals surface area (Å²) >= 11 is 0. The van der Waals surface area contributed by atoms with Crippen LogP contribution in [0.2, 0.25) is 0 Å². The van der Waals surface area contributed by atoms with Crippen molar-refractivity contribution in [2.75, 3.05) is 26.4 Å². The Hall–Kier alpha value is -3.05. The smallest absolute Gasteiger partial charge is 0.463 e. The Bertz CT molecular complexity index is 2570. The van der Waals surface area contributed by atoms with Gasteiger partial charge in [-0.1, -0.05) is 322 Å². The van der Waals surface area contributed by atoms with E-state index in [2.05, 4.69) is 58.9 Å². The van der Waals surface area contributed by atoms with E-state index in [9.17, 15) is 74.6 Å². The molecule has 0 aromatic rings. The van der Waals surface area contributed by atoms with Crippen LogP contribution in [0.5, 0.6) is 0 Å². The quantitative estimate of drug-likeness (QED) is 0.00889. The zero-order valence-corrected chi connectivity index (χ0v) is 74.8. The van der Waals surface area contributed by atoms with E-state index in [0.29, 0.717) is 38.0 Å². The number of esters is 4. The Labute approximate surface area is 711 Å². The van der Waals surface area contributed by atoms with Crippen molar-refractivity contribution in [3.05, 3.63) is 24.3 Å². The molecule has 2 aliphatic heterocycles. The highest BCUT2D eigenvalue weighted by Crippen LogP contribution is 2.49. The van der Waals surface area contributed by atoms with E-state index < -0.39 is 162 Å². The predicted octanol–water partition coefficient (Wildman–Crippen LogP) is 17.6. The molecule has 0 amide bonds. The minimum atomic E-state index is -5.81. The Kier molecular flexibility index (Phi) is 64.9. The highest BCUT2D eigenvalue weighted by atomic mass is 31.2. The topological polar surface area (TPSA) is 380 Å². The lowest BCUT2D eigenvalue weighted by molar-refractivity contribution is -0.360. The summed E-state index contributed by atoms with van der Waals surface area (Å²) in [5, 5.41) is 102. The zero-order chi connectivity index (χ0) is 86.2. The maximum atomic E-state index is 14.9. The second kappa shape index (κ2) is 70.2. The first-order valence-corrected chi connectivity index (χ1v) is 49.0. The van der Waals surface area contributed by atoms with E-state index in [-0.39, 0.29) is 32.1 Å². The molecule has 26 heteroatoms. The summed E-state index contributed by atoms with van der Waals surface area (Å²) in [5.74, 6) is -2.30. The van der Waals surface area contributed by atoms with Crippen LogP contribution >= 0.6 is 7.82 Å². The van der Waals surface area contributed by atoms with Gasteiger partial charge in [0, 0.05) is 25.7 Å². The Balaban J connectivity index is 1.92. The zero-order valence-electron chi connectivity index (χ0n) is 73.9. The number of carbonyl (C=O) groups is 4. The molecule has 118 heavy (non-hydrogen) atoms. The van der Waals surface area contributed by atoms with Gasteiger partial charge in [0.25, 0.3) is 0 Å². The molecule has 0 aromatic heterocycles. The second-order valence-corrected chi connectivity index (χ2v) is 35.6. The summed E-state index contributed by atoms with van der Waals surface area (Å²) in [4.78, 5) is 66.5. The number of phosphoric ester groups is 1. The summed E-state index contributed by atoms with van der Waals surface area (Å²) in [6, 6.07) is 0. The monoisotopic (exact) mass is 1710 g/mol. The van der Waals surface area contributed by atoms with E-state index in [1.54, 1.807) is 0 Å². The highest BCUT2D eigenvalue weighted by Gasteiger charge is 2.60. The van der Waals surface area contributed by atoms with E-state index in [4.69, 9.17) is 46.9 Å². The van der Waals surface area contributed by atoms with Gasteiger partial charge >= 0.3 is 31.7 Å². The van der Waals surface area contributed by atoms with Crippen molar-refractivity contribution in [2.24, 2.45) is 5.92 Å². The first-order chi connectivity index (χ1) is 57.1. The van der Waals surface area contributed by atoms with Crippen LogP contribution in [0.15, 0.2) is 24.3 Å². The standard InChI is InChI=1S/C92H169O25P/c1-6-10-14-18-22-25-28-31-33-36-38-41-44-51-57-63-75(94)108-68-72(111-77(96)65-59-53-45-42-40-37-34-32-29-26-23-19-15-11-7-2)69-110-118(106,107)117-90-88(115-91-85(104)81(100)79(98)73(67-93)112-91)84(103)83(102)87(114-78(97)66-60-54-46-43-39-35-30-27-24-20-16-12-8-3)89(90)116-92-86(105)82(101)80(99)74(113-92)70-109-76(95)64-58-52-48-47-50-56-62-71(5)61-55-49-21-17-13-9-4/h25,28,35,39,71-74,79-93,98-105H,6-24,26-27,29-34,36-38,40-70H2,1-5H3,(H,106,107)/b28-25-,39-35-. The van der Waals surface area contributed by atoms with E-state index in [1.165, 1.54) is 161 Å². The molecule has 1 saturated carbocycles. The Morgan fingerprint density at radius 2 is 0.686 bits per heavy atom. The van der Waals surface area contributed by atoms with Crippen molar-refractivity contribution in [3.8, 4) is 0 Å².